The number of amides is 1. The Kier molecular flexibility index (Phi) is 4.70. The minimum Gasteiger partial charge on any atom is -0.444 e. The highest BCUT2D eigenvalue weighted by molar-refractivity contribution is 5.92. The summed E-state index contributed by atoms with van der Waals surface area (Å²) in [5.74, 6) is -1.43. The van der Waals surface area contributed by atoms with Gasteiger partial charge in [-0.15, -0.1) is 0 Å². The Balaban J connectivity index is 1.82. The van der Waals surface area contributed by atoms with Crippen LogP contribution in [0.5, 0.6) is 0 Å². The number of nitrogens with zero attached hydrogens (tertiary/aromatic N) is 1. The van der Waals surface area contributed by atoms with Gasteiger partial charge in [0.2, 0.25) is 6.10 Å². The molecule has 7 heteroatoms. The monoisotopic (exact) mass is 351 g/mol. The first-order valence-corrected chi connectivity index (χ1v) is 7.90. The minimum absolute atomic E-state index is 0.247. The summed E-state index contributed by atoms with van der Waals surface area (Å²) in [5, 5.41) is 0. The fourth-order valence-electron chi connectivity index (χ4n) is 2.62. The number of hydrogen-bond donors (Lipinski definition) is 2. The number of aromatic nitrogens is 2. The van der Waals surface area contributed by atoms with E-state index in [-0.39, 0.29) is 11.3 Å². The van der Waals surface area contributed by atoms with Gasteiger partial charge >= 0.3 is 11.7 Å². The number of primary amides is 1. The average molecular weight is 351 g/mol. The van der Waals surface area contributed by atoms with E-state index in [9.17, 15) is 14.4 Å². The van der Waals surface area contributed by atoms with Crippen LogP contribution in [-0.2, 0) is 9.53 Å². The predicted molar refractivity (Wildman–Crippen MR) is 94.9 cm³/mol. The largest absolute Gasteiger partial charge is 0.444 e. The summed E-state index contributed by atoms with van der Waals surface area (Å²) < 4.78 is 6.75. The summed E-state index contributed by atoms with van der Waals surface area (Å²) in [6.07, 6.45) is 0.430. The molecule has 0 spiro atoms. The molecule has 0 saturated heterocycles. The third kappa shape index (κ3) is 3.41. The second-order valence-corrected chi connectivity index (χ2v) is 5.72. The molecule has 132 valence electrons. The van der Waals surface area contributed by atoms with Crippen molar-refractivity contribution in [1.82, 2.24) is 9.55 Å². The average Bonchev–Trinajstić information content (AvgIpc) is 2.98. The van der Waals surface area contributed by atoms with Crippen LogP contribution in [0.1, 0.15) is 27.7 Å². The molecule has 0 aliphatic rings. The normalized spacial score (nSPS) is 11.7. The van der Waals surface area contributed by atoms with Gasteiger partial charge < -0.3 is 15.5 Å². The van der Waals surface area contributed by atoms with Crippen LogP contribution < -0.4 is 11.4 Å². The first-order chi connectivity index (χ1) is 12.5. The van der Waals surface area contributed by atoms with Gasteiger partial charge in [0, 0.05) is 17.5 Å². The Morgan fingerprint density at radius 2 is 1.73 bits per heavy atom. The maximum atomic E-state index is 12.4. The van der Waals surface area contributed by atoms with Crippen LogP contribution in [0.4, 0.5) is 0 Å². The van der Waals surface area contributed by atoms with Gasteiger partial charge in [-0.1, -0.05) is 30.3 Å². The molecule has 0 aliphatic carbocycles. The molecular weight excluding hydrogens is 334 g/mol. The number of nitrogens with two attached hydrogens (primary N) is 1. The lowest BCUT2D eigenvalue weighted by Gasteiger charge is -2.15. The van der Waals surface area contributed by atoms with Crippen molar-refractivity contribution in [2.24, 2.45) is 5.73 Å². The molecule has 0 bridgehead atoms. The van der Waals surface area contributed by atoms with E-state index >= 15 is 0 Å². The van der Waals surface area contributed by atoms with Crippen LogP contribution in [0, 0.1) is 6.92 Å². The Morgan fingerprint density at radius 3 is 2.27 bits per heavy atom. The van der Waals surface area contributed by atoms with Crippen molar-refractivity contribution in [3.05, 3.63) is 88.1 Å². The molecule has 1 heterocycles. The van der Waals surface area contributed by atoms with Crippen LogP contribution in [0.15, 0.2) is 65.6 Å². The second-order valence-electron chi connectivity index (χ2n) is 5.72. The van der Waals surface area contributed by atoms with Gasteiger partial charge in [0.25, 0.3) is 5.91 Å². The molecule has 3 N–H and O–H groups in total. The Labute approximate surface area is 149 Å². The molecule has 0 radical (unpaired) electrons. The first-order valence-electron chi connectivity index (χ1n) is 7.90. The zero-order chi connectivity index (χ0) is 18.7. The van der Waals surface area contributed by atoms with E-state index in [1.165, 1.54) is 16.7 Å². The van der Waals surface area contributed by atoms with Crippen molar-refractivity contribution in [2.75, 3.05) is 0 Å². The molecular formula is C19H17N3O4. The number of aryl methyl sites for hydroxylation is 1. The van der Waals surface area contributed by atoms with Gasteiger partial charge in [0.1, 0.15) is 0 Å². The van der Waals surface area contributed by atoms with Gasteiger partial charge in [-0.05, 0) is 31.2 Å². The van der Waals surface area contributed by atoms with Gasteiger partial charge in [-0.3, -0.25) is 9.36 Å². The van der Waals surface area contributed by atoms with E-state index < -0.39 is 18.0 Å². The topological polar surface area (TPSA) is 107 Å². The number of nitrogens with one attached hydrogen (secondary N) is 1. The van der Waals surface area contributed by atoms with E-state index in [0.29, 0.717) is 11.3 Å². The number of imidazole rings is 1. The number of rotatable bonds is 5. The van der Waals surface area contributed by atoms with Crippen LogP contribution in [-0.4, -0.2) is 21.4 Å². The quantitative estimate of drug-likeness (QED) is 0.684. The third-order valence-corrected chi connectivity index (χ3v) is 3.91. The molecule has 2 aromatic carbocycles. The Hall–Kier alpha value is -3.61. The van der Waals surface area contributed by atoms with Crippen LogP contribution in [0.25, 0.3) is 5.69 Å². The summed E-state index contributed by atoms with van der Waals surface area (Å²) in [5.41, 5.74) is 7.19. The third-order valence-electron chi connectivity index (χ3n) is 3.91. The molecule has 3 aromatic rings. The molecule has 0 fully saturated rings. The molecule has 1 amide bonds. The highest BCUT2D eigenvalue weighted by Gasteiger charge is 2.23. The van der Waals surface area contributed by atoms with Crippen LogP contribution in [0.3, 0.4) is 0 Å². The SMILES string of the molecule is Cc1c[nH]c(=O)n1-c1ccc(C(=O)OC(C(N)=O)c2ccccc2)cc1. The summed E-state index contributed by atoms with van der Waals surface area (Å²) in [6.45, 7) is 1.79. The fraction of sp³-hybridized carbons (Fsp3) is 0.105. The number of hydrogen-bond acceptors (Lipinski definition) is 4. The zero-order valence-corrected chi connectivity index (χ0v) is 14.0. The van der Waals surface area contributed by atoms with Gasteiger partial charge in [0.15, 0.2) is 0 Å². The van der Waals surface area contributed by atoms with Crippen molar-refractivity contribution < 1.29 is 14.3 Å². The van der Waals surface area contributed by atoms with Crippen LogP contribution in [0.2, 0.25) is 0 Å². The maximum absolute atomic E-state index is 12.4. The summed E-state index contributed by atoms with van der Waals surface area (Å²) in [6, 6.07) is 14.9. The van der Waals surface area contributed by atoms with E-state index in [0.717, 1.165) is 5.69 Å². The van der Waals surface area contributed by atoms with Crippen molar-refractivity contribution in [3.63, 3.8) is 0 Å². The predicted octanol–water partition coefficient (Wildman–Crippen LogP) is 1.86. The van der Waals surface area contributed by atoms with Crippen molar-refractivity contribution in [3.8, 4) is 5.69 Å². The van der Waals surface area contributed by atoms with E-state index in [1.54, 1.807) is 55.6 Å². The van der Waals surface area contributed by atoms with Crippen molar-refractivity contribution in [1.29, 1.82) is 0 Å². The molecule has 7 nitrogen and oxygen atoms in total. The lowest BCUT2D eigenvalue weighted by molar-refractivity contribution is -0.127. The molecule has 3 rings (SSSR count). The number of aromatic amines is 1. The molecule has 26 heavy (non-hydrogen) atoms. The number of carbonyl (C=O) groups is 2. The highest BCUT2D eigenvalue weighted by atomic mass is 16.5. The summed E-state index contributed by atoms with van der Waals surface area (Å²) >= 11 is 0. The van der Waals surface area contributed by atoms with Crippen molar-refractivity contribution >= 4 is 11.9 Å². The fourth-order valence-corrected chi connectivity index (χ4v) is 2.62. The van der Waals surface area contributed by atoms with E-state index in [2.05, 4.69) is 4.98 Å². The van der Waals surface area contributed by atoms with Crippen LogP contribution >= 0.6 is 0 Å². The number of esters is 1. The lowest BCUT2D eigenvalue weighted by Crippen LogP contribution is -2.26. The van der Waals surface area contributed by atoms with Gasteiger partial charge in [0.05, 0.1) is 11.3 Å². The van der Waals surface area contributed by atoms with Gasteiger partial charge in [-0.2, -0.15) is 0 Å². The van der Waals surface area contributed by atoms with Crippen molar-refractivity contribution in [2.45, 2.75) is 13.0 Å². The molecule has 0 saturated carbocycles. The molecule has 0 aliphatic heterocycles. The minimum atomic E-state index is -1.17. The van der Waals surface area contributed by atoms with E-state index in [1.807, 2.05) is 0 Å². The van der Waals surface area contributed by atoms with E-state index in [4.69, 9.17) is 10.5 Å². The van der Waals surface area contributed by atoms with Gasteiger partial charge in [-0.25, -0.2) is 9.59 Å². The zero-order valence-electron chi connectivity index (χ0n) is 14.0. The first kappa shape index (κ1) is 17.2. The lowest BCUT2D eigenvalue weighted by atomic mass is 10.1. The maximum Gasteiger partial charge on any atom is 0.339 e. The highest BCUT2D eigenvalue weighted by Crippen LogP contribution is 2.19. The summed E-state index contributed by atoms with van der Waals surface area (Å²) in [7, 11) is 0. The molecule has 1 atom stereocenters. The smallest absolute Gasteiger partial charge is 0.339 e. The Bertz CT molecular complexity index is 988. The number of carbonyl (C=O) groups excluding carboxylic acids is 2. The molecule has 1 aromatic heterocycles. The summed E-state index contributed by atoms with van der Waals surface area (Å²) in [4.78, 5) is 38.4. The second kappa shape index (κ2) is 7.10. The number of H-pyrrole nitrogens is 1. The molecule has 1 unspecified atom stereocenters. The standard InChI is InChI=1S/C19H17N3O4/c1-12-11-21-19(25)22(12)15-9-7-14(8-10-15)18(24)26-16(17(20)23)13-5-3-2-4-6-13/h2-11,16H,1H3,(H2,20,23)(H,21,25). The number of benzene rings is 2. The Morgan fingerprint density at radius 1 is 1.08 bits per heavy atom. The number of ether oxygens (including phenoxy) is 1.